The number of nitrogens with zero attached hydrogens (tertiary/aromatic N) is 2. The van der Waals surface area contributed by atoms with E-state index in [-0.39, 0.29) is 19.1 Å². The molecule has 0 aliphatic carbocycles. The maximum atomic E-state index is 12.3. The van der Waals surface area contributed by atoms with E-state index in [4.69, 9.17) is 9.47 Å². The lowest BCUT2D eigenvalue weighted by molar-refractivity contribution is 0.0966. The molecule has 3 rings (SSSR count). The number of rotatable bonds is 3. The van der Waals surface area contributed by atoms with Crippen LogP contribution in [0.15, 0.2) is 22.7 Å². The quantitative estimate of drug-likeness (QED) is 0.808. The van der Waals surface area contributed by atoms with Crippen molar-refractivity contribution in [3.63, 3.8) is 0 Å². The minimum absolute atomic E-state index is 0.0126. The highest BCUT2D eigenvalue weighted by molar-refractivity contribution is 9.10. The molecule has 0 amide bonds. The number of carbonyl (C=O) groups is 1. The highest BCUT2D eigenvalue weighted by Gasteiger charge is 2.18. The zero-order valence-electron chi connectivity index (χ0n) is 11.1. The number of Topliss-reactive ketones (excluding diaryl/α,β-unsaturated/α-hetero) is 1. The number of benzene rings is 1. The van der Waals surface area contributed by atoms with Gasteiger partial charge in [0.05, 0.1) is 15.9 Å². The van der Waals surface area contributed by atoms with Crippen LogP contribution in [0, 0.1) is 13.8 Å². The molecule has 1 aromatic carbocycles. The van der Waals surface area contributed by atoms with Gasteiger partial charge in [-0.05, 0) is 48.0 Å². The second-order valence-electron chi connectivity index (χ2n) is 4.63. The van der Waals surface area contributed by atoms with Gasteiger partial charge in [0, 0.05) is 5.56 Å². The zero-order chi connectivity index (χ0) is 14.3. The Hall–Kier alpha value is -1.82. The predicted molar refractivity (Wildman–Crippen MR) is 76.3 cm³/mol. The molecule has 1 aliphatic rings. The molecule has 0 atom stereocenters. The molecule has 0 saturated carbocycles. The fraction of sp³-hybridized carbons (Fsp3) is 0.286. The van der Waals surface area contributed by atoms with Crippen LogP contribution in [-0.4, -0.2) is 22.4 Å². The highest BCUT2D eigenvalue weighted by atomic mass is 79.9. The van der Waals surface area contributed by atoms with Crippen molar-refractivity contribution in [3.05, 3.63) is 39.6 Å². The molecular formula is C14H13BrN2O3. The van der Waals surface area contributed by atoms with Crippen molar-refractivity contribution in [1.82, 2.24) is 9.78 Å². The van der Waals surface area contributed by atoms with Crippen LogP contribution in [0.1, 0.15) is 21.7 Å². The van der Waals surface area contributed by atoms with Gasteiger partial charge in [-0.2, -0.15) is 5.10 Å². The van der Waals surface area contributed by atoms with Crippen molar-refractivity contribution in [2.45, 2.75) is 20.4 Å². The molecule has 6 heteroatoms. The van der Waals surface area contributed by atoms with Gasteiger partial charge < -0.3 is 9.47 Å². The predicted octanol–water partition coefficient (Wildman–Crippen LogP) is 2.87. The third kappa shape index (κ3) is 2.20. The van der Waals surface area contributed by atoms with Crippen molar-refractivity contribution in [2.75, 3.05) is 6.79 Å². The Balaban J connectivity index is 1.84. The number of halogens is 1. The number of ether oxygens (including phenoxy) is 2. The highest BCUT2D eigenvalue weighted by Crippen LogP contribution is 2.32. The minimum Gasteiger partial charge on any atom is -0.454 e. The van der Waals surface area contributed by atoms with Gasteiger partial charge >= 0.3 is 0 Å². The second kappa shape index (κ2) is 4.94. The van der Waals surface area contributed by atoms with Crippen LogP contribution in [0.4, 0.5) is 0 Å². The van der Waals surface area contributed by atoms with E-state index in [9.17, 15) is 4.79 Å². The molecule has 0 N–H and O–H groups in total. The third-order valence-electron chi connectivity index (χ3n) is 3.28. The minimum atomic E-state index is -0.0126. The molecule has 2 aromatic rings. The maximum Gasteiger partial charge on any atom is 0.231 e. The summed E-state index contributed by atoms with van der Waals surface area (Å²) in [5.41, 5.74) is 2.41. The van der Waals surface area contributed by atoms with E-state index in [0.717, 1.165) is 15.9 Å². The number of carbonyl (C=O) groups excluding carboxylic acids is 1. The molecule has 104 valence electrons. The van der Waals surface area contributed by atoms with Crippen molar-refractivity contribution in [2.24, 2.45) is 0 Å². The van der Waals surface area contributed by atoms with E-state index in [1.807, 2.05) is 13.8 Å². The van der Waals surface area contributed by atoms with E-state index >= 15 is 0 Å². The Labute approximate surface area is 124 Å². The molecule has 2 heterocycles. The normalized spacial score (nSPS) is 12.8. The maximum absolute atomic E-state index is 12.3. The molecule has 0 radical (unpaired) electrons. The first-order valence-electron chi connectivity index (χ1n) is 6.18. The van der Waals surface area contributed by atoms with Crippen LogP contribution >= 0.6 is 15.9 Å². The molecule has 20 heavy (non-hydrogen) atoms. The van der Waals surface area contributed by atoms with Crippen molar-refractivity contribution < 1.29 is 14.3 Å². The van der Waals surface area contributed by atoms with E-state index in [0.29, 0.717) is 17.1 Å². The van der Waals surface area contributed by atoms with Crippen LogP contribution in [0.3, 0.4) is 0 Å². The summed E-state index contributed by atoms with van der Waals surface area (Å²) in [6.07, 6.45) is 0. The van der Waals surface area contributed by atoms with E-state index in [1.165, 1.54) is 0 Å². The lowest BCUT2D eigenvalue weighted by atomic mass is 10.1. The fourth-order valence-corrected chi connectivity index (χ4v) is 2.41. The first kappa shape index (κ1) is 13.2. The van der Waals surface area contributed by atoms with Gasteiger partial charge in [0.2, 0.25) is 6.79 Å². The molecule has 0 unspecified atom stereocenters. The van der Waals surface area contributed by atoms with Crippen LogP contribution in [0.25, 0.3) is 0 Å². The van der Waals surface area contributed by atoms with Crippen LogP contribution in [-0.2, 0) is 6.54 Å². The summed E-state index contributed by atoms with van der Waals surface area (Å²) in [6.45, 7) is 4.24. The van der Waals surface area contributed by atoms with Crippen molar-refractivity contribution >= 4 is 21.7 Å². The molecule has 5 nitrogen and oxygen atoms in total. The summed E-state index contributed by atoms with van der Waals surface area (Å²) in [6, 6.07) is 5.22. The summed E-state index contributed by atoms with van der Waals surface area (Å²) >= 11 is 3.46. The van der Waals surface area contributed by atoms with E-state index in [1.54, 1.807) is 22.9 Å². The smallest absolute Gasteiger partial charge is 0.231 e. The summed E-state index contributed by atoms with van der Waals surface area (Å²) in [5, 5.41) is 4.34. The fourth-order valence-electron chi connectivity index (χ4n) is 2.13. The zero-order valence-corrected chi connectivity index (χ0v) is 12.7. The van der Waals surface area contributed by atoms with Gasteiger partial charge in [-0.3, -0.25) is 9.48 Å². The summed E-state index contributed by atoms with van der Waals surface area (Å²) < 4.78 is 13.2. The topological polar surface area (TPSA) is 53.4 Å². The molecule has 1 aliphatic heterocycles. The molecule has 0 saturated heterocycles. The van der Waals surface area contributed by atoms with Gasteiger partial charge in [-0.1, -0.05) is 0 Å². The first-order valence-corrected chi connectivity index (χ1v) is 6.98. The molecule has 0 fully saturated rings. The Bertz CT molecular complexity index is 694. The standard InChI is InChI=1S/C14H13BrN2O3/c1-8-14(15)9(2)17(16-8)6-11(18)10-3-4-12-13(5-10)20-7-19-12/h3-5H,6-7H2,1-2H3. The summed E-state index contributed by atoms with van der Waals surface area (Å²) in [4.78, 5) is 12.3. The van der Waals surface area contributed by atoms with Crippen molar-refractivity contribution in [3.8, 4) is 11.5 Å². The van der Waals surface area contributed by atoms with Crippen LogP contribution in [0.2, 0.25) is 0 Å². The lowest BCUT2D eigenvalue weighted by Gasteiger charge is -2.05. The number of aromatic nitrogens is 2. The van der Waals surface area contributed by atoms with Crippen LogP contribution < -0.4 is 9.47 Å². The molecule has 0 spiro atoms. The molecule has 1 aromatic heterocycles. The Kier molecular flexibility index (Phi) is 3.25. The van der Waals surface area contributed by atoms with Gasteiger partial charge in [0.15, 0.2) is 17.3 Å². The third-order valence-corrected chi connectivity index (χ3v) is 4.43. The van der Waals surface area contributed by atoms with Gasteiger partial charge in [0.25, 0.3) is 0 Å². The summed E-state index contributed by atoms with van der Waals surface area (Å²) in [7, 11) is 0. The Morgan fingerprint density at radius 1 is 1.35 bits per heavy atom. The number of ketones is 1. The van der Waals surface area contributed by atoms with E-state index < -0.39 is 0 Å². The van der Waals surface area contributed by atoms with Crippen molar-refractivity contribution in [1.29, 1.82) is 0 Å². The molecular weight excluding hydrogens is 324 g/mol. The van der Waals surface area contributed by atoms with Gasteiger partial charge in [0.1, 0.15) is 6.54 Å². The first-order chi connectivity index (χ1) is 9.56. The average Bonchev–Trinajstić information content (AvgIpc) is 2.99. The average molecular weight is 337 g/mol. The monoisotopic (exact) mass is 336 g/mol. The second-order valence-corrected chi connectivity index (χ2v) is 5.43. The van der Waals surface area contributed by atoms with Gasteiger partial charge in [-0.25, -0.2) is 0 Å². The number of hydrogen-bond donors (Lipinski definition) is 0. The Morgan fingerprint density at radius 2 is 2.10 bits per heavy atom. The largest absolute Gasteiger partial charge is 0.454 e. The van der Waals surface area contributed by atoms with E-state index in [2.05, 4.69) is 21.0 Å². The summed E-state index contributed by atoms with van der Waals surface area (Å²) in [5.74, 6) is 1.28. The number of hydrogen-bond acceptors (Lipinski definition) is 4. The SMILES string of the molecule is Cc1nn(CC(=O)c2ccc3c(c2)OCO3)c(C)c1Br. The lowest BCUT2D eigenvalue weighted by Crippen LogP contribution is -2.13. The van der Waals surface area contributed by atoms with Crippen LogP contribution in [0.5, 0.6) is 11.5 Å². The number of fused-ring (bicyclic) bond motifs is 1. The van der Waals surface area contributed by atoms with Gasteiger partial charge in [-0.15, -0.1) is 0 Å². The molecule has 0 bridgehead atoms. The number of aryl methyl sites for hydroxylation is 1. The Morgan fingerprint density at radius 3 is 2.80 bits per heavy atom.